The topological polar surface area (TPSA) is 105 Å². The highest BCUT2D eigenvalue weighted by atomic mass is 32.1. The fourth-order valence-corrected chi connectivity index (χ4v) is 3.29. The molecular weight excluding hydrogens is 392 g/mol. The summed E-state index contributed by atoms with van der Waals surface area (Å²) in [6.45, 7) is 1.53. The van der Waals surface area contributed by atoms with E-state index in [-0.39, 0.29) is 22.3 Å². The maximum Gasteiger partial charge on any atom is 0.269 e. The predicted octanol–water partition coefficient (Wildman–Crippen LogP) is 3.35. The summed E-state index contributed by atoms with van der Waals surface area (Å²) in [5.41, 5.74) is 1.29. The number of rotatable bonds is 4. The molecule has 2 aromatic carbocycles. The fraction of sp³-hybridized carbons (Fsp3) is 0.250. The molecule has 1 heterocycles. The van der Waals surface area contributed by atoms with Gasteiger partial charge in [0.2, 0.25) is 0 Å². The van der Waals surface area contributed by atoms with Gasteiger partial charge < -0.3 is 10.2 Å². The number of likely N-dealkylation sites (tertiary alicyclic amines) is 1. The lowest BCUT2D eigenvalue weighted by atomic mass is 10.1. The van der Waals surface area contributed by atoms with Gasteiger partial charge in [0, 0.05) is 42.0 Å². The molecule has 29 heavy (non-hydrogen) atoms. The van der Waals surface area contributed by atoms with Crippen LogP contribution < -0.4 is 10.6 Å². The Balaban J connectivity index is 1.60. The second-order valence-electron chi connectivity index (χ2n) is 6.65. The van der Waals surface area contributed by atoms with Gasteiger partial charge in [-0.2, -0.15) is 0 Å². The van der Waals surface area contributed by atoms with Gasteiger partial charge in [-0.15, -0.1) is 0 Å². The van der Waals surface area contributed by atoms with E-state index in [0.717, 1.165) is 32.4 Å². The van der Waals surface area contributed by atoms with Crippen molar-refractivity contribution >= 4 is 40.5 Å². The van der Waals surface area contributed by atoms with Crippen LogP contribution in [-0.2, 0) is 0 Å². The van der Waals surface area contributed by atoms with Crippen molar-refractivity contribution in [3.63, 3.8) is 0 Å². The van der Waals surface area contributed by atoms with Crippen molar-refractivity contribution < 1.29 is 14.5 Å². The summed E-state index contributed by atoms with van der Waals surface area (Å²) in [4.78, 5) is 36.9. The van der Waals surface area contributed by atoms with Crippen LogP contribution in [-0.4, -0.2) is 39.8 Å². The number of nitro benzene ring substituents is 1. The van der Waals surface area contributed by atoms with Crippen molar-refractivity contribution in [3.05, 3.63) is 69.8 Å². The molecule has 8 nitrogen and oxygen atoms in total. The maximum absolute atomic E-state index is 12.6. The highest BCUT2D eigenvalue weighted by Crippen LogP contribution is 2.17. The quantitative estimate of drug-likeness (QED) is 0.453. The number of nitrogens with one attached hydrogen (secondary N) is 2. The number of hydrogen-bond donors (Lipinski definition) is 2. The van der Waals surface area contributed by atoms with Crippen molar-refractivity contribution in [3.8, 4) is 0 Å². The number of carbonyl (C=O) groups is 2. The molecule has 0 bridgehead atoms. The zero-order chi connectivity index (χ0) is 20.8. The molecule has 0 spiro atoms. The molecule has 0 saturated carbocycles. The Morgan fingerprint density at radius 1 is 1.00 bits per heavy atom. The number of amides is 2. The molecule has 9 heteroatoms. The van der Waals surface area contributed by atoms with E-state index in [2.05, 4.69) is 10.6 Å². The number of nitro groups is 1. The zero-order valence-electron chi connectivity index (χ0n) is 15.6. The van der Waals surface area contributed by atoms with Gasteiger partial charge in [-0.3, -0.25) is 25.0 Å². The first-order chi connectivity index (χ1) is 13.9. The minimum absolute atomic E-state index is 0.0193. The second kappa shape index (κ2) is 9.24. The fourth-order valence-electron chi connectivity index (χ4n) is 3.08. The molecule has 0 atom stereocenters. The summed E-state index contributed by atoms with van der Waals surface area (Å²) in [6.07, 6.45) is 3.18. The lowest BCUT2D eigenvalue weighted by molar-refractivity contribution is -0.384. The van der Waals surface area contributed by atoms with Crippen LogP contribution in [0.3, 0.4) is 0 Å². The van der Waals surface area contributed by atoms with E-state index >= 15 is 0 Å². The number of nitrogens with zero attached hydrogens (tertiary/aromatic N) is 2. The monoisotopic (exact) mass is 412 g/mol. The van der Waals surface area contributed by atoms with E-state index in [4.69, 9.17) is 12.2 Å². The summed E-state index contributed by atoms with van der Waals surface area (Å²) < 4.78 is 0. The molecule has 0 aliphatic carbocycles. The van der Waals surface area contributed by atoms with Crippen molar-refractivity contribution in [2.45, 2.75) is 19.3 Å². The van der Waals surface area contributed by atoms with Gasteiger partial charge in [0.25, 0.3) is 17.5 Å². The number of anilines is 1. The van der Waals surface area contributed by atoms with Gasteiger partial charge in [-0.05, 0) is 61.8 Å². The Kier molecular flexibility index (Phi) is 6.50. The summed E-state index contributed by atoms with van der Waals surface area (Å²) >= 11 is 5.17. The molecule has 2 amide bonds. The average Bonchev–Trinajstić information content (AvgIpc) is 2.74. The highest BCUT2D eigenvalue weighted by molar-refractivity contribution is 7.80. The van der Waals surface area contributed by atoms with Crippen LogP contribution in [0, 0.1) is 10.1 Å². The first-order valence-corrected chi connectivity index (χ1v) is 9.61. The summed E-state index contributed by atoms with van der Waals surface area (Å²) in [7, 11) is 0. The molecule has 0 aromatic heterocycles. The molecule has 0 unspecified atom stereocenters. The third-order valence-electron chi connectivity index (χ3n) is 4.58. The number of piperidine rings is 1. The lowest BCUT2D eigenvalue weighted by Crippen LogP contribution is -2.36. The Morgan fingerprint density at radius 2 is 1.69 bits per heavy atom. The maximum atomic E-state index is 12.6. The highest BCUT2D eigenvalue weighted by Gasteiger charge is 2.18. The first kappa shape index (κ1) is 20.4. The normalized spacial score (nSPS) is 13.4. The number of thiocarbonyl (C=S) groups is 1. The van der Waals surface area contributed by atoms with E-state index in [0.29, 0.717) is 11.3 Å². The molecule has 1 fully saturated rings. The van der Waals surface area contributed by atoms with Crippen LogP contribution in [0.5, 0.6) is 0 Å². The van der Waals surface area contributed by atoms with Gasteiger partial charge in [0.15, 0.2) is 5.11 Å². The average molecular weight is 412 g/mol. The minimum Gasteiger partial charge on any atom is -0.339 e. The van der Waals surface area contributed by atoms with Gasteiger partial charge in [-0.1, -0.05) is 6.07 Å². The van der Waals surface area contributed by atoms with Crippen molar-refractivity contribution in [2.75, 3.05) is 18.4 Å². The summed E-state index contributed by atoms with van der Waals surface area (Å²) in [6, 6.07) is 12.2. The van der Waals surface area contributed by atoms with Crippen LogP contribution in [0.4, 0.5) is 11.4 Å². The van der Waals surface area contributed by atoms with Crippen LogP contribution in [0.15, 0.2) is 48.5 Å². The number of benzene rings is 2. The van der Waals surface area contributed by atoms with Crippen molar-refractivity contribution in [1.29, 1.82) is 0 Å². The summed E-state index contributed by atoms with van der Waals surface area (Å²) in [5, 5.41) is 16.2. The third-order valence-corrected chi connectivity index (χ3v) is 4.78. The van der Waals surface area contributed by atoms with Crippen LogP contribution in [0.2, 0.25) is 0 Å². The summed E-state index contributed by atoms with van der Waals surface area (Å²) in [5.74, 6) is -0.507. The third kappa shape index (κ3) is 5.35. The number of hydrogen-bond acceptors (Lipinski definition) is 5. The van der Waals surface area contributed by atoms with Crippen LogP contribution >= 0.6 is 12.2 Å². The Morgan fingerprint density at radius 3 is 2.34 bits per heavy atom. The van der Waals surface area contributed by atoms with E-state index in [1.807, 2.05) is 4.90 Å². The van der Waals surface area contributed by atoms with Crippen LogP contribution in [0.1, 0.15) is 40.0 Å². The van der Waals surface area contributed by atoms with Gasteiger partial charge in [0.1, 0.15) is 0 Å². The number of non-ortho nitro benzene ring substituents is 1. The lowest BCUT2D eigenvalue weighted by Gasteiger charge is -2.26. The first-order valence-electron chi connectivity index (χ1n) is 9.20. The van der Waals surface area contributed by atoms with E-state index in [9.17, 15) is 19.7 Å². The molecule has 1 aliphatic rings. The molecule has 1 saturated heterocycles. The molecule has 150 valence electrons. The van der Waals surface area contributed by atoms with E-state index < -0.39 is 10.8 Å². The SMILES string of the molecule is O=C(NC(=S)Nc1cccc(C(=O)N2CCCCC2)c1)c1ccc([N+](=O)[O-])cc1. The Bertz CT molecular complexity index is 940. The van der Waals surface area contributed by atoms with Crippen molar-refractivity contribution in [2.24, 2.45) is 0 Å². The smallest absolute Gasteiger partial charge is 0.269 e. The largest absolute Gasteiger partial charge is 0.339 e. The number of carbonyl (C=O) groups excluding carboxylic acids is 2. The van der Waals surface area contributed by atoms with Gasteiger partial charge in [0.05, 0.1) is 4.92 Å². The van der Waals surface area contributed by atoms with Gasteiger partial charge in [-0.25, -0.2) is 0 Å². The molecule has 2 N–H and O–H groups in total. The van der Waals surface area contributed by atoms with Crippen LogP contribution in [0.25, 0.3) is 0 Å². The molecule has 0 radical (unpaired) electrons. The molecule has 3 rings (SSSR count). The van der Waals surface area contributed by atoms with Gasteiger partial charge >= 0.3 is 0 Å². The van der Waals surface area contributed by atoms with E-state index in [1.54, 1.807) is 24.3 Å². The van der Waals surface area contributed by atoms with E-state index in [1.165, 1.54) is 24.3 Å². The Labute approximate surface area is 173 Å². The Hall–Kier alpha value is -3.33. The molecule has 2 aromatic rings. The van der Waals surface area contributed by atoms with Crippen molar-refractivity contribution in [1.82, 2.24) is 10.2 Å². The molecule has 1 aliphatic heterocycles. The molecular formula is C20H20N4O4S. The second-order valence-corrected chi connectivity index (χ2v) is 7.05. The standard InChI is InChI=1S/C20H20N4O4S/c25-18(14-7-9-17(10-8-14)24(27)28)22-20(29)21-16-6-4-5-15(13-16)19(26)23-11-2-1-3-12-23/h4-10,13H,1-3,11-12H2,(H2,21,22,25,29). The minimum atomic E-state index is -0.536. The predicted molar refractivity (Wildman–Crippen MR) is 113 cm³/mol. The zero-order valence-corrected chi connectivity index (χ0v) is 16.4.